The van der Waals surface area contributed by atoms with Crippen LogP contribution >= 0.6 is 0 Å². The van der Waals surface area contributed by atoms with Crippen molar-refractivity contribution in [1.82, 2.24) is 5.32 Å². The van der Waals surface area contributed by atoms with Crippen molar-refractivity contribution in [3.63, 3.8) is 0 Å². The molecule has 0 amide bonds. The number of aliphatic hydroxyl groups is 1. The fourth-order valence-corrected chi connectivity index (χ4v) is 3.21. The molecule has 1 saturated carbocycles. The molecule has 1 aromatic rings. The molecule has 1 aliphatic carbocycles. The molecule has 2 rings (SSSR count). The molecule has 2 atom stereocenters. The molecule has 1 fully saturated rings. The Morgan fingerprint density at radius 2 is 2.05 bits per heavy atom. The van der Waals surface area contributed by atoms with Gasteiger partial charge in [-0.05, 0) is 43.5 Å². The lowest BCUT2D eigenvalue weighted by Gasteiger charge is -2.37. The Labute approximate surface area is 123 Å². The Hall–Kier alpha value is -1.06. The van der Waals surface area contributed by atoms with E-state index < -0.39 is 0 Å². The fraction of sp³-hybridized carbons (Fsp3) is 0.647. The minimum atomic E-state index is -0.186. The van der Waals surface area contributed by atoms with Gasteiger partial charge in [-0.25, -0.2) is 0 Å². The number of anilines is 1. The summed E-state index contributed by atoms with van der Waals surface area (Å²) < 4.78 is 0. The molecular weight excluding hydrogens is 248 g/mol. The predicted molar refractivity (Wildman–Crippen MR) is 85.2 cm³/mol. The normalized spacial score (nSPS) is 22.8. The van der Waals surface area contributed by atoms with Crippen LogP contribution in [0.25, 0.3) is 0 Å². The SMILES string of the molecule is CCNCc1ccc(N(C)C2CCCCC2O)c(C)c1. The Morgan fingerprint density at radius 1 is 1.30 bits per heavy atom. The lowest BCUT2D eigenvalue weighted by molar-refractivity contribution is 0.106. The van der Waals surface area contributed by atoms with Crippen LogP contribution in [0.3, 0.4) is 0 Å². The maximum Gasteiger partial charge on any atom is 0.0743 e. The van der Waals surface area contributed by atoms with Crippen molar-refractivity contribution in [3.05, 3.63) is 29.3 Å². The molecule has 2 unspecified atom stereocenters. The van der Waals surface area contributed by atoms with Gasteiger partial charge in [-0.2, -0.15) is 0 Å². The topological polar surface area (TPSA) is 35.5 Å². The summed E-state index contributed by atoms with van der Waals surface area (Å²) in [5.41, 5.74) is 3.86. The van der Waals surface area contributed by atoms with Crippen LogP contribution < -0.4 is 10.2 Å². The number of aliphatic hydroxyl groups excluding tert-OH is 1. The molecule has 20 heavy (non-hydrogen) atoms. The van der Waals surface area contributed by atoms with Gasteiger partial charge in [-0.3, -0.25) is 0 Å². The zero-order valence-corrected chi connectivity index (χ0v) is 13.0. The highest BCUT2D eigenvalue weighted by Crippen LogP contribution is 2.29. The van der Waals surface area contributed by atoms with Gasteiger partial charge in [0.15, 0.2) is 0 Å². The van der Waals surface area contributed by atoms with Crippen LogP contribution in [0.4, 0.5) is 5.69 Å². The van der Waals surface area contributed by atoms with E-state index in [1.165, 1.54) is 23.2 Å². The molecule has 1 aromatic carbocycles. The van der Waals surface area contributed by atoms with Crippen molar-refractivity contribution < 1.29 is 5.11 Å². The number of likely N-dealkylation sites (N-methyl/N-ethyl adjacent to an activating group) is 1. The molecule has 0 radical (unpaired) electrons. The van der Waals surface area contributed by atoms with E-state index in [1.54, 1.807) is 0 Å². The average Bonchev–Trinajstić information content (AvgIpc) is 2.45. The number of aryl methyl sites for hydroxylation is 1. The number of hydrogen-bond donors (Lipinski definition) is 2. The molecule has 0 saturated heterocycles. The number of nitrogens with zero attached hydrogens (tertiary/aromatic N) is 1. The Kier molecular flexibility index (Phi) is 5.44. The molecule has 0 aliphatic heterocycles. The largest absolute Gasteiger partial charge is 0.391 e. The summed E-state index contributed by atoms with van der Waals surface area (Å²) in [5.74, 6) is 0. The average molecular weight is 276 g/mol. The van der Waals surface area contributed by atoms with Gasteiger partial charge in [0.2, 0.25) is 0 Å². The third-order valence-corrected chi connectivity index (χ3v) is 4.41. The molecule has 0 aromatic heterocycles. The van der Waals surface area contributed by atoms with E-state index in [0.717, 1.165) is 32.4 Å². The van der Waals surface area contributed by atoms with E-state index in [0.29, 0.717) is 0 Å². The van der Waals surface area contributed by atoms with Gasteiger partial charge >= 0.3 is 0 Å². The van der Waals surface area contributed by atoms with Gasteiger partial charge in [-0.15, -0.1) is 0 Å². The van der Waals surface area contributed by atoms with Crippen LogP contribution in [0, 0.1) is 6.92 Å². The third kappa shape index (κ3) is 3.53. The van der Waals surface area contributed by atoms with Gasteiger partial charge in [0.1, 0.15) is 0 Å². The zero-order chi connectivity index (χ0) is 14.5. The van der Waals surface area contributed by atoms with Crippen molar-refractivity contribution in [2.45, 2.75) is 58.2 Å². The maximum atomic E-state index is 10.2. The van der Waals surface area contributed by atoms with Gasteiger partial charge in [-0.1, -0.05) is 31.9 Å². The van der Waals surface area contributed by atoms with Crippen molar-refractivity contribution in [2.75, 3.05) is 18.5 Å². The first kappa shape index (κ1) is 15.3. The highest BCUT2D eigenvalue weighted by molar-refractivity contribution is 5.55. The van der Waals surface area contributed by atoms with E-state index in [9.17, 15) is 5.11 Å². The summed E-state index contributed by atoms with van der Waals surface area (Å²) >= 11 is 0. The summed E-state index contributed by atoms with van der Waals surface area (Å²) in [5, 5.41) is 13.6. The second-order valence-corrected chi connectivity index (χ2v) is 5.93. The Bertz CT molecular complexity index is 433. The first-order valence-corrected chi connectivity index (χ1v) is 7.84. The van der Waals surface area contributed by atoms with Crippen molar-refractivity contribution >= 4 is 5.69 Å². The lowest BCUT2D eigenvalue weighted by Crippen LogP contribution is -2.43. The van der Waals surface area contributed by atoms with Crippen LogP contribution in [0.15, 0.2) is 18.2 Å². The monoisotopic (exact) mass is 276 g/mol. The molecule has 112 valence electrons. The van der Waals surface area contributed by atoms with Crippen molar-refractivity contribution in [3.8, 4) is 0 Å². The van der Waals surface area contributed by atoms with E-state index >= 15 is 0 Å². The third-order valence-electron chi connectivity index (χ3n) is 4.41. The number of nitrogens with one attached hydrogen (secondary N) is 1. The summed E-state index contributed by atoms with van der Waals surface area (Å²) in [6.45, 7) is 6.21. The van der Waals surface area contributed by atoms with Crippen LogP contribution in [0.2, 0.25) is 0 Å². The first-order valence-electron chi connectivity index (χ1n) is 7.84. The predicted octanol–water partition coefficient (Wildman–Crippen LogP) is 2.84. The number of rotatable bonds is 5. The van der Waals surface area contributed by atoms with Gasteiger partial charge in [0.25, 0.3) is 0 Å². The second-order valence-electron chi connectivity index (χ2n) is 5.93. The molecule has 0 bridgehead atoms. The highest BCUT2D eigenvalue weighted by Gasteiger charge is 2.27. The minimum Gasteiger partial charge on any atom is -0.391 e. The first-order chi connectivity index (χ1) is 9.63. The van der Waals surface area contributed by atoms with Crippen LogP contribution in [-0.2, 0) is 6.54 Å². The zero-order valence-electron chi connectivity index (χ0n) is 13.0. The molecule has 3 heteroatoms. The highest BCUT2D eigenvalue weighted by atomic mass is 16.3. The molecule has 0 spiro atoms. The van der Waals surface area contributed by atoms with Crippen molar-refractivity contribution in [1.29, 1.82) is 0 Å². The molecular formula is C17H28N2O. The number of hydrogen-bond acceptors (Lipinski definition) is 3. The maximum absolute atomic E-state index is 10.2. The van der Waals surface area contributed by atoms with Gasteiger partial charge in [0.05, 0.1) is 12.1 Å². The molecule has 0 heterocycles. The number of benzene rings is 1. The van der Waals surface area contributed by atoms with E-state index in [2.05, 4.69) is 49.3 Å². The van der Waals surface area contributed by atoms with Crippen LogP contribution in [0.5, 0.6) is 0 Å². The Balaban J connectivity index is 2.11. The quantitative estimate of drug-likeness (QED) is 0.868. The van der Waals surface area contributed by atoms with E-state index in [-0.39, 0.29) is 12.1 Å². The summed E-state index contributed by atoms with van der Waals surface area (Å²) in [7, 11) is 2.12. The lowest BCUT2D eigenvalue weighted by atomic mass is 9.91. The molecule has 2 N–H and O–H groups in total. The summed E-state index contributed by atoms with van der Waals surface area (Å²) in [6.07, 6.45) is 4.23. The fourth-order valence-electron chi connectivity index (χ4n) is 3.21. The smallest absolute Gasteiger partial charge is 0.0743 e. The van der Waals surface area contributed by atoms with Crippen LogP contribution in [-0.4, -0.2) is 30.8 Å². The van der Waals surface area contributed by atoms with Gasteiger partial charge in [0, 0.05) is 19.3 Å². The molecule has 1 aliphatic rings. The molecule has 3 nitrogen and oxygen atoms in total. The summed E-state index contributed by atoms with van der Waals surface area (Å²) in [4.78, 5) is 2.27. The Morgan fingerprint density at radius 3 is 2.70 bits per heavy atom. The van der Waals surface area contributed by atoms with E-state index in [1.807, 2.05) is 0 Å². The van der Waals surface area contributed by atoms with Crippen LogP contribution in [0.1, 0.15) is 43.7 Å². The second kappa shape index (κ2) is 7.09. The standard InChI is InChI=1S/C17H28N2O/c1-4-18-12-14-9-10-15(13(2)11-14)19(3)16-7-5-6-8-17(16)20/h9-11,16-18,20H,4-8,12H2,1-3H3. The minimum absolute atomic E-state index is 0.186. The summed E-state index contributed by atoms with van der Waals surface area (Å²) in [6, 6.07) is 6.91. The van der Waals surface area contributed by atoms with E-state index in [4.69, 9.17) is 0 Å². The van der Waals surface area contributed by atoms with Crippen molar-refractivity contribution in [2.24, 2.45) is 0 Å². The van der Waals surface area contributed by atoms with Gasteiger partial charge < -0.3 is 15.3 Å².